The van der Waals surface area contributed by atoms with Gasteiger partial charge in [-0.25, -0.2) is 4.79 Å². The standard InChI is InChI=1S/C11H14N4O3/c16-9-1-8(13-11(18)14-9)10(17)15-4-6-2-12-3-7(6)5-15/h1,6-7,12H,2-5H2,(H2,13,14,16,18)/t6-,7+. The van der Waals surface area contributed by atoms with Crippen molar-refractivity contribution in [3.63, 3.8) is 0 Å². The van der Waals surface area contributed by atoms with Crippen molar-refractivity contribution in [2.24, 2.45) is 11.8 Å². The number of likely N-dealkylation sites (tertiary alicyclic amines) is 1. The predicted octanol–water partition coefficient (Wildman–Crippen LogP) is -1.65. The van der Waals surface area contributed by atoms with Gasteiger partial charge in [0.2, 0.25) is 0 Å². The van der Waals surface area contributed by atoms with Crippen LogP contribution in [0.2, 0.25) is 0 Å². The van der Waals surface area contributed by atoms with Crippen molar-refractivity contribution >= 4 is 5.91 Å². The van der Waals surface area contributed by atoms with Gasteiger partial charge in [-0.3, -0.25) is 14.6 Å². The van der Waals surface area contributed by atoms with E-state index in [1.807, 2.05) is 4.98 Å². The third kappa shape index (κ3) is 1.86. The average Bonchev–Trinajstić information content (AvgIpc) is 2.86. The molecule has 3 rings (SSSR count). The van der Waals surface area contributed by atoms with Gasteiger partial charge in [0.1, 0.15) is 5.69 Å². The minimum absolute atomic E-state index is 0.0664. The third-order valence-electron chi connectivity index (χ3n) is 3.67. The Morgan fingerprint density at radius 3 is 2.44 bits per heavy atom. The quantitative estimate of drug-likeness (QED) is 0.556. The van der Waals surface area contributed by atoms with E-state index in [-0.39, 0.29) is 11.6 Å². The summed E-state index contributed by atoms with van der Waals surface area (Å²) in [6.45, 7) is 3.23. The average molecular weight is 250 g/mol. The van der Waals surface area contributed by atoms with E-state index in [0.29, 0.717) is 24.9 Å². The van der Waals surface area contributed by atoms with Gasteiger partial charge in [-0.05, 0) is 11.8 Å². The summed E-state index contributed by atoms with van der Waals surface area (Å²) in [5.41, 5.74) is -1.13. The number of rotatable bonds is 1. The van der Waals surface area contributed by atoms with E-state index >= 15 is 0 Å². The molecule has 1 aromatic rings. The number of nitrogens with zero attached hydrogens (tertiary/aromatic N) is 1. The molecule has 2 saturated heterocycles. The first-order valence-electron chi connectivity index (χ1n) is 5.97. The van der Waals surface area contributed by atoms with Crippen LogP contribution in [0.25, 0.3) is 0 Å². The predicted molar refractivity (Wildman–Crippen MR) is 63.4 cm³/mol. The van der Waals surface area contributed by atoms with Crippen molar-refractivity contribution in [3.05, 3.63) is 32.6 Å². The molecule has 3 N–H and O–H groups in total. The number of hydrogen-bond donors (Lipinski definition) is 3. The Labute approximate surface area is 102 Å². The molecule has 0 unspecified atom stereocenters. The normalized spacial score (nSPS) is 26.3. The van der Waals surface area contributed by atoms with Gasteiger partial charge in [0.05, 0.1) is 0 Å². The van der Waals surface area contributed by atoms with Gasteiger partial charge in [-0.1, -0.05) is 0 Å². The van der Waals surface area contributed by atoms with E-state index in [1.54, 1.807) is 4.90 Å². The van der Waals surface area contributed by atoms with Crippen molar-refractivity contribution in [2.75, 3.05) is 26.2 Å². The lowest BCUT2D eigenvalue weighted by Gasteiger charge is -2.16. The fraction of sp³-hybridized carbons (Fsp3) is 0.545. The Morgan fingerprint density at radius 2 is 1.83 bits per heavy atom. The molecule has 0 aliphatic carbocycles. The maximum atomic E-state index is 12.2. The molecule has 1 amide bonds. The van der Waals surface area contributed by atoms with Crippen molar-refractivity contribution in [1.29, 1.82) is 0 Å². The topological polar surface area (TPSA) is 98.1 Å². The molecule has 0 saturated carbocycles. The van der Waals surface area contributed by atoms with Crippen LogP contribution >= 0.6 is 0 Å². The first kappa shape index (κ1) is 11.2. The summed E-state index contributed by atoms with van der Waals surface area (Å²) in [4.78, 5) is 40.6. The maximum absolute atomic E-state index is 12.2. The van der Waals surface area contributed by atoms with Gasteiger partial charge in [-0.2, -0.15) is 0 Å². The van der Waals surface area contributed by atoms with E-state index < -0.39 is 11.2 Å². The third-order valence-corrected chi connectivity index (χ3v) is 3.67. The highest BCUT2D eigenvalue weighted by Crippen LogP contribution is 2.26. The lowest BCUT2D eigenvalue weighted by molar-refractivity contribution is 0.0775. The molecule has 0 aromatic carbocycles. The van der Waals surface area contributed by atoms with Crippen molar-refractivity contribution in [1.82, 2.24) is 20.2 Å². The second-order valence-electron chi connectivity index (χ2n) is 4.89. The lowest BCUT2D eigenvalue weighted by atomic mass is 10.0. The number of carbonyl (C=O) groups is 1. The molecular weight excluding hydrogens is 236 g/mol. The summed E-state index contributed by atoms with van der Waals surface area (Å²) < 4.78 is 0. The molecular formula is C11H14N4O3. The fourth-order valence-corrected chi connectivity index (χ4v) is 2.78. The summed E-state index contributed by atoms with van der Waals surface area (Å²) in [6.07, 6.45) is 0. The number of amides is 1. The number of carbonyl (C=O) groups excluding carboxylic acids is 1. The Kier molecular flexibility index (Phi) is 2.55. The van der Waals surface area contributed by atoms with Crippen LogP contribution in [0.1, 0.15) is 10.5 Å². The number of H-pyrrole nitrogens is 2. The molecule has 2 aliphatic heterocycles. The highest BCUT2D eigenvalue weighted by Gasteiger charge is 2.38. The smallest absolute Gasteiger partial charge is 0.326 e. The summed E-state index contributed by atoms with van der Waals surface area (Å²) in [7, 11) is 0. The molecule has 0 radical (unpaired) electrons. The zero-order valence-corrected chi connectivity index (χ0v) is 9.73. The summed E-state index contributed by atoms with van der Waals surface area (Å²) in [5, 5.41) is 3.29. The van der Waals surface area contributed by atoms with Crippen molar-refractivity contribution < 1.29 is 4.79 Å². The monoisotopic (exact) mass is 250 g/mol. The second kappa shape index (κ2) is 4.09. The van der Waals surface area contributed by atoms with Gasteiger partial charge < -0.3 is 15.2 Å². The first-order valence-corrected chi connectivity index (χ1v) is 5.97. The number of aromatic amines is 2. The van der Waals surface area contributed by atoms with Gasteiger partial charge in [0, 0.05) is 32.2 Å². The molecule has 2 atom stereocenters. The van der Waals surface area contributed by atoms with E-state index in [9.17, 15) is 14.4 Å². The van der Waals surface area contributed by atoms with Crippen molar-refractivity contribution in [3.8, 4) is 0 Å². The number of nitrogens with one attached hydrogen (secondary N) is 3. The summed E-state index contributed by atoms with van der Waals surface area (Å²) >= 11 is 0. The molecule has 7 heteroatoms. The Bertz CT molecular complexity index is 550. The molecule has 18 heavy (non-hydrogen) atoms. The number of fused-ring (bicyclic) bond motifs is 1. The fourth-order valence-electron chi connectivity index (χ4n) is 2.78. The second-order valence-corrected chi connectivity index (χ2v) is 4.89. The van der Waals surface area contributed by atoms with Crippen LogP contribution in [0.4, 0.5) is 0 Å². The van der Waals surface area contributed by atoms with E-state index in [2.05, 4.69) is 10.3 Å². The van der Waals surface area contributed by atoms with Crippen LogP contribution in [0.5, 0.6) is 0 Å². The van der Waals surface area contributed by atoms with E-state index in [0.717, 1.165) is 19.2 Å². The van der Waals surface area contributed by atoms with Gasteiger partial charge in [-0.15, -0.1) is 0 Å². The van der Waals surface area contributed by atoms with Crippen LogP contribution in [0, 0.1) is 11.8 Å². The molecule has 2 aliphatic rings. The lowest BCUT2D eigenvalue weighted by Crippen LogP contribution is -2.35. The van der Waals surface area contributed by atoms with Crippen LogP contribution in [0.3, 0.4) is 0 Å². The minimum Gasteiger partial charge on any atom is -0.337 e. The highest BCUT2D eigenvalue weighted by molar-refractivity contribution is 5.92. The zero-order chi connectivity index (χ0) is 12.7. The summed E-state index contributed by atoms with van der Waals surface area (Å²) in [6, 6.07) is 1.14. The molecule has 1 aromatic heterocycles. The molecule has 0 bridgehead atoms. The van der Waals surface area contributed by atoms with Gasteiger partial charge in [0.15, 0.2) is 0 Å². The largest absolute Gasteiger partial charge is 0.337 e. The van der Waals surface area contributed by atoms with Crippen LogP contribution in [-0.2, 0) is 0 Å². The van der Waals surface area contributed by atoms with Gasteiger partial charge >= 0.3 is 5.69 Å². The van der Waals surface area contributed by atoms with E-state index in [1.165, 1.54) is 0 Å². The van der Waals surface area contributed by atoms with E-state index in [4.69, 9.17) is 0 Å². The minimum atomic E-state index is -0.646. The molecule has 0 spiro atoms. The number of hydrogen-bond acceptors (Lipinski definition) is 4. The van der Waals surface area contributed by atoms with Crippen LogP contribution in [-0.4, -0.2) is 47.0 Å². The molecule has 2 fully saturated rings. The van der Waals surface area contributed by atoms with Crippen LogP contribution < -0.4 is 16.6 Å². The highest BCUT2D eigenvalue weighted by atomic mass is 16.2. The van der Waals surface area contributed by atoms with Gasteiger partial charge in [0.25, 0.3) is 11.5 Å². The summed E-state index contributed by atoms with van der Waals surface area (Å²) in [5.74, 6) is 0.706. The van der Waals surface area contributed by atoms with Crippen molar-refractivity contribution in [2.45, 2.75) is 0 Å². The zero-order valence-electron chi connectivity index (χ0n) is 9.73. The molecule has 3 heterocycles. The molecule has 7 nitrogen and oxygen atoms in total. The Morgan fingerprint density at radius 1 is 1.17 bits per heavy atom. The Hall–Kier alpha value is -1.89. The number of aromatic nitrogens is 2. The first-order chi connectivity index (χ1) is 8.63. The van der Waals surface area contributed by atoms with Crippen LogP contribution in [0.15, 0.2) is 15.7 Å². The molecule has 96 valence electrons. The Balaban J connectivity index is 1.83. The SMILES string of the molecule is O=C(c1cc(=O)[nH]c(=O)[nH]1)N1C[C@H]2CNC[C@H]2C1. The maximum Gasteiger partial charge on any atom is 0.326 e.